The van der Waals surface area contributed by atoms with Crippen LogP contribution < -0.4 is 0 Å². The Morgan fingerprint density at radius 1 is 1.33 bits per heavy atom. The lowest BCUT2D eigenvalue weighted by Crippen LogP contribution is -2.04. The molecule has 0 aliphatic rings. The van der Waals surface area contributed by atoms with Crippen molar-refractivity contribution in [3.05, 3.63) is 41.9 Å². The molecule has 0 aliphatic carbocycles. The Hall–Kier alpha value is -2.23. The Morgan fingerprint density at radius 3 is 2.81 bits per heavy atom. The number of fused-ring (bicyclic) bond motifs is 1. The van der Waals surface area contributed by atoms with Gasteiger partial charge >= 0.3 is 5.97 Å². The number of methoxy groups -OCH3 is 2. The van der Waals surface area contributed by atoms with Crippen molar-refractivity contribution in [1.29, 1.82) is 0 Å². The molecule has 1 aromatic heterocycles. The van der Waals surface area contributed by atoms with Crippen molar-refractivity contribution < 1.29 is 18.7 Å². The first kappa shape index (κ1) is 15.2. The molecule has 112 valence electrons. The van der Waals surface area contributed by atoms with E-state index < -0.39 is 5.97 Å². The van der Waals surface area contributed by atoms with Crippen LogP contribution >= 0.6 is 0 Å². The van der Waals surface area contributed by atoms with Gasteiger partial charge in [-0.2, -0.15) is 0 Å². The van der Waals surface area contributed by atoms with Crippen LogP contribution in [0.4, 0.5) is 0 Å². The van der Waals surface area contributed by atoms with Crippen molar-refractivity contribution in [2.45, 2.75) is 26.2 Å². The molecule has 4 nitrogen and oxygen atoms in total. The van der Waals surface area contributed by atoms with Crippen LogP contribution in [0.2, 0.25) is 0 Å². The summed E-state index contributed by atoms with van der Waals surface area (Å²) in [4.78, 5) is 11.9. The van der Waals surface area contributed by atoms with E-state index in [-0.39, 0.29) is 0 Å². The average Bonchev–Trinajstić information content (AvgIpc) is 2.92. The first-order valence-corrected chi connectivity index (χ1v) is 7.04. The summed E-state index contributed by atoms with van der Waals surface area (Å²) in [6.07, 6.45) is 4.47. The van der Waals surface area contributed by atoms with Crippen molar-refractivity contribution in [3.63, 3.8) is 0 Å². The Balaban J connectivity index is 2.49. The van der Waals surface area contributed by atoms with Crippen LogP contribution in [0.15, 0.2) is 34.9 Å². The third-order valence-electron chi connectivity index (χ3n) is 3.30. The second kappa shape index (κ2) is 6.97. The van der Waals surface area contributed by atoms with Gasteiger partial charge in [0.15, 0.2) is 0 Å². The van der Waals surface area contributed by atoms with Gasteiger partial charge in [0.1, 0.15) is 16.9 Å². The summed E-state index contributed by atoms with van der Waals surface area (Å²) in [6, 6.07) is 7.72. The Labute approximate surface area is 124 Å². The standard InChI is InChI=1S/C17H20O4/c1-4-5-8-13-10-12-7-6-9-14(16(12)21-13)15(11-19-2)17(18)20-3/h6-7,9-11H,4-5,8H2,1-3H3. The van der Waals surface area contributed by atoms with E-state index in [0.29, 0.717) is 16.7 Å². The molecule has 0 amide bonds. The summed E-state index contributed by atoms with van der Waals surface area (Å²) >= 11 is 0. The number of furan rings is 1. The topological polar surface area (TPSA) is 48.7 Å². The normalized spacial score (nSPS) is 11.7. The molecule has 0 atom stereocenters. The number of ether oxygens (including phenoxy) is 2. The van der Waals surface area contributed by atoms with Crippen LogP contribution in [-0.4, -0.2) is 20.2 Å². The lowest BCUT2D eigenvalue weighted by molar-refractivity contribution is -0.133. The average molecular weight is 288 g/mol. The second-order valence-corrected chi connectivity index (χ2v) is 4.80. The molecule has 0 N–H and O–H groups in total. The van der Waals surface area contributed by atoms with Crippen LogP contribution in [0, 0.1) is 0 Å². The summed E-state index contributed by atoms with van der Waals surface area (Å²) in [5.41, 5.74) is 1.73. The van der Waals surface area contributed by atoms with Crippen LogP contribution in [0.25, 0.3) is 16.5 Å². The molecular formula is C17H20O4. The molecule has 0 saturated heterocycles. The van der Waals surface area contributed by atoms with E-state index in [1.54, 1.807) is 0 Å². The molecule has 0 fully saturated rings. The fraction of sp³-hybridized carbons (Fsp3) is 0.353. The Morgan fingerprint density at radius 2 is 2.14 bits per heavy atom. The van der Waals surface area contributed by atoms with Gasteiger partial charge in [-0.1, -0.05) is 31.5 Å². The molecule has 21 heavy (non-hydrogen) atoms. The molecule has 1 aromatic carbocycles. The number of rotatable bonds is 6. The molecule has 0 aliphatic heterocycles. The highest BCUT2D eigenvalue weighted by atomic mass is 16.5. The fourth-order valence-electron chi connectivity index (χ4n) is 2.25. The smallest absolute Gasteiger partial charge is 0.341 e. The van der Waals surface area contributed by atoms with Gasteiger partial charge in [0.25, 0.3) is 0 Å². The number of esters is 1. The van der Waals surface area contributed by atoms with Crippen molar-refractivity contribution in [2.75, 3.05) is 14.2 Å². The highest BCUT2D eigenvalue weighted by molar-refractivity contribution is 6.19. The van der Waals surface area contributed by atoms with Crippen LogP contribution in [-0.2, 0) is 20.7 Å². The summed E-state index contributed by atoms with van der Waals surface area (Å²) in [5, 5.41) is 0.976. The fourth-order valence-corrected chi connectivity index (χ4v) is 2.25. The van der Waals surface area contributed by atoms with E-state index in [0.717, 1.165) is 30.4 Å². The first-order chi connectivity index (χ1) is 10.2. The zero-order valence-corrected chi connectivity index (χ0v) is 12.6. The van der Waals surface area contributed by atoms with Gasteiger partial charge in [0.2, 0.25) is 0 Å². The SMILES string of the molecule is CCCCc1cc2cccc(C(=COC)C(=O)OC)c2o1. The van der Waals surface area contributed by atoms with Gasteiger partial charge in [-0.3, -0.25) is 0 Å². The van der Waals surface area contributed by atoms with Gasteiger partial charge in [-0.25, -0.2) is 4.79 Å². The quantitative estimate of drug-likeness (QED) is 0.459. The van der Waals surface area contributed by atoms with E-state index in [4.69, 9.17) is 13.9 Å². The molecule has 2 rings (SSSR count). The zero-order valence-electron chi connectivity index (χ0n) is 12.6. The number of aryl methyl sites for hydroxylation is 1. The van der Waals surface area contributed by atoms with E-state index in [1.807, 2.05) is 24.3 Å². The number of carbonyl (C=O) groups excluding carboxylic acids is 1. The van der Waals surface area contributed by atoms with Gasteiger partial charge in [0.05, 0.1) is 20.5 Å². The van der Waals surface area contributed by atoms with Gasteiger partial charge in [-0.15, -0.1) is 0 Å². The molecule has 0 saturated carbocycles. The third-order valence-corrected chi connectivity index (χ3v) is 3.30. The van der Waals surface area contributed by atoms with Crippen molar-refractivity contribution >= 4 is 22.5 Å². The Bertz CT molecular complexity index is 652. The molecule has 1 heterocycles. The molecule has 0 unspecified atom stereocenters. The second-order valence-electron chi connectivity index (χ2n) is 4.80. The molecule has 2 aromatic rings. The van der Waals surface area contributed by atoms with E-state index >= 15 is 0 Å². The number of benzene rings is 1. The van der Waals surface area contributed by atoms with E-state index in [2.05, 4.69) is 6.92 Å². The molecule has 0 spiro atoms. The van der Waals surface area contributed by atoms with Crippen LogP contribution in [0.1, 0.15) is 31.1 Å². The summed E-state index contributed by atoms with van der Waals surface area (Å²) in [5.74, 6) is 0.483. The number of hydrogen-bond acceptors (Lipinski definition) is 4. The van der Waals surface area contributed by atoms with Crippen LogP contribution in [0.5, 0.6) is 0 Å². The summed E-state index contributed by atoms with van der Waals surface area (Å²) in [6.45, 7) is 2.14. The monoisotopic (exact) mass is 288 g/mol. The molecule has 4 heteroatoms. The minimum Gasteiger partial charge on any atom is -0.503 e. The molecule has 0 radical (unpaired) electrons. The largest absolute Gasteiger partial charge is 0.503 e. The van der Waals surface area contributed by atoms with E-state index in [9.17, 15) is 4.79 Å². The highest BCUT2D eigenvalue weighted by Gasteiger charge is 2.18. The predicted molar refractivity (Wildman–Crippen MR) is 81.8 cm³/mol. The third kappa shape index (κ3) is 3.27. The van der Waals surface area contributed by atoms with Gasteiger partial charge in [0, 0.05) is 17.4 Å². The molecular weight excluding hydrogens is 268 g/mol. The lowest BCUT2D eigenvalue weighted by Gasteiger charge is -2.06. The molecule has 0 bridgehead atoms. The predicted octanol–water partition coefficient (Wildman–Crippen LogP) is 3.94. The van der Waals surface area contributed by atoms with Crippen molar-refractivity contribution in [1.82, 2.24) is 0 Å². The van der Waals surface area contributed by atoms with Crippen molar-refractivity contribution in [2.24, 2.45) is 0 Å². The number of carbonyl (C=O) groups is 1. The van der Waals surface area contributed by atoms with Gasteiger partial charge < -0.3 is 13.9 Å². The Kier molecular flexibility index (Phi) is 5.04. The van der Waals surface area contributed by atoms with Gasteiger partial charge in [-0.05, 0) is 12.5 Å². The minimum absolute atomic E-state index is 0.349. The number of para-hydroxylation sites is 1. The van der Waals surface area contributed by atoms with Crippen molar-refractivity contribution in [3.8, 4) is 0 Å². The maximum absolute atomic E-state index is 11.9. The van der Waals surface area contributed by atoms with Crippen LogP contribution in [0.3, 0.4) is 0 Å². The number of hydrogen-bond donors (Lipinski definition) is 0. The minimum atomic E-state index is -0.448. The first-order valence-electron chi connectivity index (χ1n) is 7.04. The lowest BCUT2D eigenvalue weighted by atomic mass is 10.0. The summed E-state index contributed by atoms with van der Waals surface area (Å²) in [7, 11) is 2.85. The van der Waals surface area contributed by atoms with E-state index in [1.165, 1.54) is 20.5 Å². The maximum atomic E-state index is 11.9. The summed E-state index contributed by atoms with van der Waals surface area (Å²) < 4.78 is 15.7. The highest BCUT2D eigenvalue weighted by Crippen LogP contribution is 2.29. The number of unbranched alkanes of at least 4 members (excludes halogenated alkanes) is 1. The maximum Gasteiger partial charge on any atom is 0.341 e. The zero-order chi connectivity index (χ0) is 15.2.